The van der Waals surface area contributed by atoms with Gasteiger partial charge >= 0.3 is 0 Å². The van der Waals surface area contributed by atoms with Gasteiger partial charge in [0.05, 0.1) is 24.2 Å². The molecule has 9 heteroatoms. The Kier molecular flexibility index (Phi) is 6.23. The topological polar surface area (TPSA) is 120 Å². The highest BCUT2D eigenvalue weighted by atomic mass is 32.2. The summed E-state index contributed by atoms with van der Waals surface area (Å²) >= 11 is 0. The van der Waals surface area contributed by atoms with Crippen molar-refractivity contribution >= 4 is 15.9 Å². The Morgan fingerprint density at radius 1 is 1.22 bits per heavy atom. The fraction of sp³-hybridized carbons (Fsp3) is 0.611. The number of nitrogens with two attached hydrogens (primary N) is 1. The largest absolute Gasteiger partial charge is 0.490 e. The molecule has 2 aliphatic rings. The summed E-state index contributed by atoms with van der Waals surface area (Å²) in [6.07, 6.45) is 3.61. The molecule has 0 bridgehead atoms. The number of sulfonamides is 1. The molecule has 27 heavy (non-hydrogen) atoms. The van der Waals surface area contributed by atoms with Crippen LogP contribution in [0.15, 0.2) is 23.1 Å². The molecule has 3 atom stereocenters. The molecule has 150 valence electrons. The van der Waals surface area contributed by atoms with E-state index in [-0.39, 0.29) is 22.8 Å². The van der Waals surface area contributed by atoms with E-state index >= 15 is 0 Å². The average Bonchev–Trinajstić information content (AvgIpc) is 2.95. The highest BCUT2D eigenvalue weighted by Gasteiger charge is 2.30. The predicted molar refractivity (Wildman–Crippen MR) is 100 cm³/mol. The van der Waals surface area contributed by atoms with Crippen LogP contribution in [0.25, 0.3) is 0 Å². The number of hydrogen-bond donors (Lipinski definition) is 3. The first-order valence-electron chi connectivity index (χ1n) is 9.33. The number of benzene rings is 1. The molecule has 0 radical (unpaired) electrons. The van der Waals surface area contributed by atoms with Crippen LogP contribution >= 0.6 is 0 Å². The predicted octanol–water partition coefficient (Wildman–Crippen LogP) is 0.758. The van der Waals surface area contributed by atoms with E-state index in [0.29, 0.717) is 31.3 Å². The second-order valence-corrected chi connectivity index (χ2v) is 8.76. The number of carbonyl (C=O) groups excluding carboxylic acids is 1. The third kappa shape index (κ3) is 4.72. The van der Waals surface area contributed by atoms with Crippen LogP contribution in [0.3, 0.4) is 0 Å². The molecule has 1 amide bonds. The van der Waals surface area contributed by atoms with E-state index in [4.69, 9.17) is 15.2 Å². The van der Waals surface area contributed by atoms with Gasteiger partial charge in [-0.15, -0.1) is 0 Å². The van der Waals surface area contributed by atoms with E-state index in [1.54, 1.807) is 6.07 Å². The van der Waals surface area contributed by atoms with Crippen molar-refractivity contribution in [3.05, 3.63) is 18.2 Å². The number of carbonyl (C=O) groups is 1. The van der Waals surface area contributed by atoms with Crippen LogP contribution in [-0.4, -0.2) is 46.2 Å². The molecule has 3 unspecified atom stereocenters. The van der Waals surface area contributed by atoms with Gasteiger partial charge in [0.2, 0.25) is 15.9 Å². The summed E-state index contributed by atoms with van der Waals surface area (Å²) in [6, 6.07) is 3.55. The molecule has 3 rings (SSSR count). The maximum absolute atomic E-state index is 12.7. The van der Waals surface area contributed by atoms with Crippen LogP contribution in [-0.2, 0) is 14.8 Å². The third-order valence-electron chi connectivity index (χ3n) is 5.04. The normalized spacial score (nSPS) is 23.5. The Bertz CT molecular complexity index is 783. The number of rotatable bonds is 6. The molecular formula is C18H27N3O5S. The molecule has 1 fully saturated rings. The van der Waals surface area contributed by atoms with Crippen LogP contribution in [0.2, 0.25) is 0 Å². The Morgan fingerprint density at radius 2 is 1.96 bits per heavy atom. The minimum absolute atomic E-state index is 0.00694. The summed E-state index contributed by atoms with van der Waals surface area (Å²) in [5.74, 6) is 0.813. The number of ether oxygens (including phenoxy) is 2. The summed E-state index contributed by atoms with van der Waals surface area (Å²) in [7, 11) is -3.87. The minimum atomic E-state index is -3.87. The molecule has 1 aliphatic heterocycles. The van der Waals surface area contributed by atoms with Crippen molar-refractivity contribution in [1.29, 1.82) is 0 Å². The Hall–Kier alpha value is -1.84. The highest BCUT2D eigenvalue weighted by Crippen LogP contribution is 2.32. The second-order valence-electron chi connectivity index (χ2n) is 7.04. The van der Waals surface area contributed by atoms with Gasteiger partial charge in [-0.3, -0.25) is 4.79 Å². The Labute approximate surface area is 159 Å². The van der Waals surface area contributed by atoms with Crippen molar-refractivity contribution < 1.29 is 22.7 Å². The zero-order valence-electron chi connectivity index (χ0n) is 15.4. The van der Waals surface area contributed by atoms with E-state index in [1.165, 1.54) is 19.1 Å². The molecule has 8 nitrogen and oxygen atoms in total. The lowest BCUT2D eigenvalue weighted by atomic mass is 10.0. The van der Waals surface area contributed by atoms with E-state index in [1.807, 2.05) is 0 Å². The molecule has 1 heterocycles. The standard InChI is InChI=1S/C18H27N3O5S/c1-12(18(22)20-15-5-2-4-13(15)11-19)21-27(23,24)14-6-7-16-17(10-14)26-9-3-8-25-16/h6-7,10,12-13,15,21H,2-5,8-9,11,19H2,1H3,(H,20,22). The van der Waals surface area contributed by atoms with Gasteiger partial charge in [-0.1, -0.05) is 6.42 Å². The van der Waals surface area contributed by atoms with Crippen LogP contribution in [0.1, 0.15) is 32.6 Å². The van der Waals surface area contributed by atoms with Gasteiger partial charge < -0.3 is 20.5 Å². The van der Waals surface area contributed by atoms with Gasteiger partial charge in [-0.05, 0) is 44.4 Å². The van der Waals surface area contributed by atoms with Gasteiger partial charge in [0.15, 0.2) is 11.5 Å². The zero-order chi connectivity index (χ0) is 19.4. The third-order valence-corrected chi connectivity index (χ3v) is 6.58. The Morgan fingerprint density at radius 3 is 2.70 bits per heavy atom. The van der Waals surface area contributed by atoms with Crippen molar-refractivity contribution in [3.63, 3.8) is 0 Å². The van der Waals surface area contributed by atoms with Crippen molar-refractivity contribution in [3.8, 4) is 11.5 Å². The monoisotopic (exact) mass is 397 g/mol. The van der Waals surface area contributed by atoms with Crippen molar-refractivity contribution in [2.75, 3.05) is 19.8 Å². The first-order chi connectivity index (χ1) is 12.9. The minimum Gasteiger partial charge on any atom is -0.490 e. The van der Waals surface area contributed by atoms with E-state index < -0.39 is 16.1 Å². The summed E-state index contributed by atoms with van der Waals surface area (Å²) in [6.45, 7) is 3.04. The van der Waals surface area contributed by atoms with E-state index in [0.717, 1.165) is 25.7 Å². The van der Waals surface area contributed by atoms with Crippen molar-refractivity contribution in [1.82, 2.24) is 10.0 Å². The smallest absolute Gasteiger partial charge is 0.241 e. The fourth-order valence-corrected chi connectivity index (χ4v) is 4.70. The van der Waals surface area contributed by atoms with E-state index in [9.17, 15) is 13.2 Å². The molecule has 1 aromatic carbocycles. The lowest BCUT2D eigenvalue weighted by Gasteiger charge is -2.22. The molecule has 0 aromatic heterocycles. The van der Waals surface area contributed by atoms with Gasteiger partial charge in [0.1, 0.15) is 0 Å². The molecule has 1 aromatic rings. The molecule has 0 saturated heterocycles. The summed E-state index contributed by atoms with van der Waals surface area (Å²) in [5.41, 5.74) is 5.74. The Balaban J connectivity index is 1.66. The molecule has 0 spiro atoms. The molecule has 4 N–H and O–H groups in total. The van der Waals surface area contributed by atoms with Crippen LogP contribution < -0.4 is 25.2 Å². The average molecular weight is 397 g/mol. The van der Waals surface area contributed by atoms with Crippen molar-refractivity contribution in [2.24, 2.45) is 11.7 Å². The van der Waals surface area contributed by atoms with E-state index in [2.05, 4.69) is 10.0 Å². The summed E-state index contributed by atoms with van der Waals surface area (Å²) in [4.78, 5) is 12.5. The maximum Gasteiger partial charge on any atom is 0.241 e. The first kappa shape index (κ1) is 19.9. The van der Waals surface area contributed by atoms with Gasteiger partial charge in [-0.25, -0.2) is 8.42 Å². The number of hydrogen-bond acceptors (Lipinski definition) is 6. The fourth-order valence-electron chi connectivity index (χ4n) is 3.48. The molecule has 1 saturated carbocycles. The number of amides is 1. The van der Waals surface area contributed by atoms with Gasteiger partial charge in [-0.2, -0.15) is 4.72 Å². The lowest BCUT2D eigenvalue weighted by molar-refractivity contribution is -0.123. The van der Waals surface area contributed by atoms with Crippen LogP contribution in [0, 0.1) is 5.92 Å². The number of fused-ring (bicyclic) bond motifs is 1. The quantitative estimate of drug-likeness (QED) is 0.652. The van der Waals surface area contributed by atoms with Crippen molar-refractivity contribution in [2.45, 2.75) is 49.6 Å². The molecular weight excluding hydrogens is 370 g/mol. The second kappa shape index (κ2) is 8.45. The molecule has 1 aliphatic carbocycles. The summed E-state index contributed by atoms with van der Waals surface area (Å²) in [5, 5.41) is 2.92. The number of nitrogens with one attached hydrogen (secondary N) is 2. The van der Waals surface area contributed by atoms with Crippen LogP contribution in [0.5, 0.6) is 11.5 Å². The lowest BCUT2D eigenvalue weighted by Crippen LogP contribution is -2.49. The zero-order valence-corrected chi connectivity index (χ0v) is 16.3. The first-order valence-corrected chi connectivity index (χ1v) is 10.8. The highest BCUT2D eigenvalue weighted by molar-refractivity contribution is 7.89. The summed E-state index contributed by atoms with van der Waals surface area (Å²) < 4.78 is 38.8. The maximum atomic E-state index is 12.7. The van der Waals surface area contributed by atoms with Crippen LogP contribution in [0.4, 0.5) is 0 Å². The van der Waals surface area contributed by atoms with Gasteiger partial charge in [0, 0.05) is 18.5 Å². The van der Waals surface area contributed by atoms with Gasteiger partial charge in [0.25, 0.3) is 0 Å². The SMILES string of the molecule is CC(NS(=O)(=O)c1ccc2c(c1)OCCCO2)C(=O)NC1CCCC1CN.